The molecule has 0 bridgehead atoms. The molecule has 1 aromatic carbocycles. The minimum Gasteiger partial charge on any atom is -0.271 e. The summed E-state index contributed by atoms with van der Waals surface area (Å²) >= 11 is 0. The molecule has 0 radical (unpaired) electrons. The van der Waals surface area contributed by atoms with Crippen molar-refractivity contribution in [2.45, 2.75) is 19.2 Å². The van der Waals surface area contributed by atoms with Gasteiger partial charge in [0.15, 0.2) is 0 Å². The van der Waals surface area contributed by atoms with E-state index in [4.69, 9.17) is 0 Å². The highest BCUT2D eigenvalue weighted by Crippen LogP contribution is 2.07. The molecule has 0 fully saturated rings. The third-order valence-corrected chi connectivity index (χ3v) is 4.02. The summed E-state index contributed by atoms with van der Waals surface area (Å²) in [4.78, 5) is 0. The number of rotatable bonds is 6. The zero-order valence-electron chi connectivity index (χ0n) is 10.8. The monoisotopic (exact) mass is 279 g/mol. The summed E-state index contributed by atoms with van der Waals surface area (Å²) < 4.78 is 28.1. The number of hydrogen-bond acceptors (Lipinski definition) is 3. The van der Waals surface area contributed by atoms with Gasteiger partial charge < -0.3 is 0 Å². The fraction of sp³-hybridized carbons (Fsp3) is 0.308. The van der Waals surface area contributed by atoms with Crippen LogP contribution in [0.5, 0.6) is 0 Å². The Bertz CT molecular complexity index is 621. The number of aryl methyl sites for hydroxylation is 1. The van der Waals surface area contributed by atoms with Crippen LogP contribution in [0.25, 0.3) is 0 Å². The third kappa shape index (κ3) is 4.50. The highest BCUT2D eigenvalue weighted by atomic mass is 32.2. The normalized spacial score (nSPS) is 11.6. The Balaban J connectivity index is 1.88. The van der Waals surface area contributed by atoms with Crippen LogP contribution in [-0.4, -0.2) is 24.7 Å². The van der Waals surface area contributed by atoms with Gasteiger partial charge >= 0.3 is 0 Å². The molecule has 1 N–H and O–H groups in total. The third-order valence-electron chi connectivity index (χ3n) is 2.66. The molecule has 1 heterocycles. The number of aromatic nitrogens is 2. The van der Waals surface area contributed by atoms with Crippen molar-refractivity contribution < 1.29 is 8.42 Å². The molecule has 2 aromatic rings. The van der Waals surface area contributed by atoms with E-state index in [1.165, 1.54) is 0 Å². The van der Waals surface area contributed by atoms with E-state index in [1.54, 1.807) is 23.1 Å². The van der Waals surface area contributed by atoms with Gasteiger partial charge in [0, 0.05) is 18.9 Å². The molecule has 0 saturated heterocycles. The Morgan fingerprint density at radius 3 is 2.84 bits per heavy atom. The van der Waals surface area contributed by atoms with Crippen molar-refractivity contribution in [3.8, 4) is 0 Å². The van der Waals surface area contributed by atoms with Gasteiger partial charge in [-0.3, -0.25) is 4.68 Å². The van der Waals surface area contributed by atoms with E-state index in [0.717, 1.165) is 11.1 Å². The molecule has 0 aliphatic carbocycles. The Morgan fingerprint density at radius 1 is 1.32 bits per heavy atom. The minimum absolute atomic E-state index is 0.00773. The lowest BCUT2D eigenvalue weighted by atomic mass is 10.2. The van der Waals surface area contributed by atoms with Crippen LogP contribution in [-0.2, 0) is 22.3 Å². The maximum absolute atomic E-state index is 11.9. The maximum atomic E-state index is 11.9. The highest BCUT2D eigenvalue weighted by molar-refractivity contribution is 7.88. The summed E-state index contributed by atoms with van der Waals surface area (Å²) in [6, 6.07) is 9.32. The second-order valence-electron chi connectivity index (χ2n) is 4.41. The van der Waals surface area contributed by atoms with E-state index >= 15 is 0 Å². The molecule has 19 heavy (non-hydrogen) atoms. The molecular formula is C13H17N3O2S. The summed E-state index contributed by atoms with van der Waals surface area (Å²) in [7, 11) is -3.30. The fourth-order valence-corrected chi connectivity index (χ4v) is 2.94. The summed E-state index contributed by atoms with van der Waals surface area (Å²) in [5.74, 6) is 0.00773. The van der Waals surface area contributed by atoms with Gasteiger partial charge in [0.25, 0.3) is 0 Å². The topological polar surface area (TPSA) is 64.0 Å². The quantitative estimate of drug-likeness (QED) is 0.867. The van der Waals surface area contributed by atoms with E-state index in [-0.39, 0.29) is 5.75 Å². The van der Waals surface area contributed by atoms with Crippen molar-refractivity contribution in [3.63, 3.8) is 0 Å². The van der Waals surface area contributed by atoms with E-state index < -0.39 is 10.0 Å². The van der Waals surface area contributed by atoms with Crippen molar-refractivity contribution >= 4 is 10.0 Å². The van der Waals surface area contributed by atoms with Crippen LogP contribution in [0.1, 0.15) is 11.1 Å². The van der Waals surface area contributed by atoms with Crippen LogP contribution >= 0.6 is 0 Å². The minimum atomic E-state index is -3.30. The number of benzene rings is 1. The van der Waals surface area contributed by atoms with Crippen LogP contribution < -0.4 is 4.72 Å². The molecular weight excluding hydrogens is 262 g/mol. The largest absolute Gasteiger partial charge is 0.271 e. The van der Waals surface area contributed by atoms with Crippen LogP contribution in [0.4, 0.5) is 0 Å². The number of nitrogens with one attached hydrogen (secondary N) is 1. The summed E-state index contributed by atoms with van der Waals surface area (Å²) in [5.41, 5.74) is 1.86. The first-order valence-electron chi connectivity index (χ1n) is 6.05. The predicted octanol–water partition coefficient (Wildman–Crippen LogP) is 1.31. The molecule has 0 unspecified atom stereocenters. The second-order valence-corrected chi connectivity index (χ2v) is 6.22. The van der Waals surface area contributed by atoms with Crippen LogP contribution in [0, 0.1) is 6.92 Å². The molecule has 6 heteroatoms. The standard InChI is InChI=1S/C13H17N3O2S/c1-12-4-2-5-13(10-12)11-19(17,18)15-7-9-16-8-3-6-14-16/h2-6,8,10,15H,7,9,11H2,1H3. The second kappa shape index (κ2) is 5.99. The van der Waals surface area contributed by atoms with Crippen LogP contribution in [0.15, 0.2) is 42.7 Å². The smallest absolute Gasteiger partial charge is 0.215 e. The van der Waals surface area contributed by atoms with Gasteiger partial charge in [-0.25, -0.2) is 13.1 Å². The molecule has 0 atom stereocenters. The van der Waals surface area contributed by atoms with Crippen LogP contribution in [0.2, 0.25) is 0 Å². The Hall–Kier alpha value is -1.66. The molecule has 0 aliphatic rings. The van der Waals surface area contributed by atoms with Gasteiger partial charge in [-0.15, -0.1) is 0 Å². The summed E-state index contributed by atoms with van der Waals surface area (Å²) in [6.07, 6.45) is 3.47. The van der Waals surface area contributed by atoms with Gasteiger partial charge in [0.05, 0.1) is 12.3 Å². The zero-order chi connectivity index (χ0) is 13.7. The molecule has 0 aliphatic heterocycles. The average Bonchev–Trinajstić information content (AvgIpc) is 2.81. The first-order chi connectivity index (χ1) is 9.05. The van der Waals surface area contributed by atoms with E-state index in [2.05, 4.69) is 9.82 Å². The lowest BCUT2D eigenvalue weighted by Gasteiger charge is -2.07. The molecule has 1 aromatic heterocycles. The van der Waals surface area contributed by atoms with E-state index in [9.17, 15) is 8.42 Å². The Kier molecular flexibility index (Phi) is 4.34. The van der Waals surface area contributed by atoms with Gasteiger partial charge in [-0.1, -0.05) is 29.8 Å². The number of hydrogen-bond donors (Lipinski definition) is 1. The van der Waals surface area contributed by atoms with Crippen molar-refractivity contribution in [3.05, 3.63) is 53.9 Å². The van der Waals surface area contributed by atoms with E-state index in [0.29, 0.717) is 13.1 Å². The summed E-state index contributed by atoms with van der Waals surface area (Å²) in [6.45, 7) is 2.82. The van der Waals surface area contributed by atoms with Gasteiger partial charge in [0.1, 0.15) is 0 Å². The van der Waals surface area contributed by atoms with Crippen LogP contribution in [0.3, 0.4) is 0 Å². The number of nitrogens with zero attached hydrogens (tertiary/aromatic N) is 2. The Morgan fingerprint density at radius 2 is 2.16 bits per heavy atom. The SMILES string of the molecule is Cc1cccc(CS(=O)(=O)NCCn2cccn2)c1. The van der Waals surface area contributed by atoms with Gasteiger partial charge in [-0.2, -0.15) is 5.10 Å². The fourth-order valence-electron chi connectivity index (χ4n) is 1.82. The van der Waals surface area contributed by atoms with Gasteiger partial charge in [0.2, 0.25) is 10.0 Å². The highest BCUT2D eigenvalue weighted by Gasteiger charge is 2.10. The zero-order valence-corrected chi connectivity index (χ0v) is 11.6. The lowest BCUT2D eigenvalue weighted by Crippen LogP contribution is -2.28. The lowest BCUT2D eigenvalue weighted by molar-refractivity contribution is 0.560. The summed E-state index contributed by atoms with van der Waals surface area (Å²) in [5, 5.41) is 4.01. The van der Waals surface area contributed by atoms with Crippen molar-refractivity contribution in [1.29, 1.82) is 0 Å². The molecule has 0 spiro atoms. The maximum Gasteiger partial charge on any atom is 0.215 e. The van der Waals surface area contributed by atoms with Crippen molar-refractivity contribution in [2.24, 2.45) is 0 Å². The van der Waals surface area contributed by atoms with E-state index in [1.807, 2.05) is 31.2 Å². The first-order valence-corrected chi connectivity index (χ1v) is 7.71. The first kappa shape index (κ1) is 13.8. The van der Waals surface area contributed by atoms with Crippen molar-refractivity contribution in [1.82, 2.24) is 14.5 Å². The molecule has 0 amide bonds. The molecule has 0 saturated carbocycles. The average molecular weight is 279 g/mol. The molecule has 2 rings (SSSR count). The van der Waals surface area contributed by atoms with Gasteiger partial charge in [-0.05, 0) is 18.6 Å². The van der Waals surface area contributed by atoms with Crippen molar-refractivity contribution in [2.75, 3.05) is 6.54 Å². The Labute approximate surface area is 113 Å². The molecule has 5 nitrogen and oxygen atoms in total. The number of sulfonamides is 1. The predicted molar refractivity (Wildman–Crippen MR) is 74.0 cm³/mol. The molecule has 102 valence electrons.